The van der Waals surface area contributed by atoms with Crippen molar-refractivity contribution in [1.29, 1.82) is 5.26 Å². The maximum atomic E-state index is 8.54. The first-order valence-electron chi connectivity index (χ1n) is 4.07. The number of rotatable bonds is 2. The van der Waals surface area contributed by atoms with Crippen LogP contribution in [-0.4, -0.2) is 0 Å². The van der Waals surface area contributed by atoms with Crippen LogP contribution in [0.25, 0.3) is 5.57 Å². The average molecular weight is 169 g/mol. The van der Waals surface area contributed by atoms with Gasteiger partial charge in [-0.2, -0.15) is 5.26 Å². The van der Waals surface area contributed by atoms with Crippen molar-refractivity contribution in [3.63, 3.8) is 0 Å². The smallest absolute Gasteiger partial charge is 0.0985 e. The van der Waals surface area contributed by atoms with Gasteiger partial charge in [-0.1, -0.05) is 36.9 Å². The molecule has 0 fully saturated rings. The summed E-state index contributed by atoms with van der Waals surface area (Å²) in [6.07, 6.45) is 1.79. The van der Waals surface area contributed by atoms with Gasteiger partial charge in [-0.25, -0.2) is 0 Å². The zero-order valence-corrected chi connectivity index (χ0v) is 7.62. The van der Waals surface area contributed by atoms with Gasteiger partial charge in [0.2, 0.25) is 0 Å². The SMILES string of the molecule is C=C(C#N)/C=C(\C)c1ccccc1. The molecule has 64 valence electrons. The second-order valence-electron chi connectivity index (χ2n) is 2.83. The lowest BCUT2D eigenvalue weighted by Gasteiger charge is -1.99. The Morgan fingerprint density at radius 3 is 2.54 bits per heavy atom. The summed E-state index contributed by atoms with van der Waals surface area (Å²) in [5.74, 6) is 0. The summed E-state index contributed by atoms with van der Waals surface area (Å²) in [6, 6.07) is 11.9. The van der Waals surface area contributed by atoms with E-state index in [-0.39, 0.29) is 0 Å². The lowest BCUT2D eigenvalue weighted by Crippen LogP contribution is -1.78. The topological polar surface area (TPSA) is 23.8 Å². The Hall–Kier alpha value is -1.81. The summed E-state index contributed by atoms with van der Waals surface area (Å²) >= 11 is 0. The monoisotopic (exact) mass is 169 g/mol. The highest BCUT2D eigenvalue weighted by molar-refractivity contribution is 5.67. The van der Waals surface area contributed by atoms with Gasteiger partial charge in [0, 0.05) is 5.57 Å². The number of nitriles is 1. The fourth-order valence-electron chi connectivity index (χ4n) is 1.08. The van der Waals surface area contributed by atoms with E-state index in [0.29, 0.717) is 5.57 Å². The molecule has 0 heterocycles. The number of benzene rings is 1. The fraction of sp³-hybridized carbons (Fsp3) is 0.0833. The number of allylic oxidation sites excluding steroid dienone is 3. The van der Waals surface area contributed by atoms with Crippen LogP contribution in [0.4, 0.5) is 0 Å². The molecule has 0 aliphatic heterocycles. The molecule has 0 amide bonds. The first-order valence-corrected chi connectivity index (χ1v) is 4.07. The van der Waals surface area contributed by atoms with Crippen LogP contribution in [0.1, 0.15) is 12.5 Å². The fourth-order valence-corrected chi connectivity index (χ4v) is 1.08. The maximum Gasteiger partial charge on any atom is 0.0985 e. The lowest BCUT2D eigenvalue weighted by atomic mass is 10.1. The van der Waals surface area contributed by atoms with E-state index in [1.165, 1.54) is 0 Å². The van der Waals surface area contributed by atoms with Gasteiger partial charge in [0.05, 0.1) is 6.07 Å². The van der Waals surface area contributed by atoms with Crippen molar-refractivity contribution >= 4 is 5.57 Å². The van der Waals surface area contributed by atoms with Gasteiger partial charge < -0.3 is 0 Å². The second kappa shape index (κ2) is 4.27. The van der Waals surface area contributed by atoms with Crippen LogP contribution in [0.5, 0.6) is 0 Å². The van der Waals surface area contributed by atoms with Gasteiger partial charge in [0.1, 0.15) is 0 Å². The molecule has 13 heavy (non-hydrogen) atoms. The molecule has 1 nitrogen and oxygen atoms in total. The molecule has 0 radical (unpaired) electrons. The van der Waals surface area contributed by atoms with E-state index in [1.807, 2.05) is 43.3 Å². The van der Waals surface area contributed by atoms with Crippen LogP contribution in [0.15, 0.2) is 48.6 Å². The predicted molar refractivity (Wildman–Crippen MR) is 54.8 cm³/mol. The van der Waals surface area contributed by atoms with Crippen molar-refractivity contribution in [3.05, 3.63) is 54.1 Å². The zero-order valence-electron chi connectivity index (χ0n) is 7.62. The van der Waals surface area contributed by atoms with Crippen molar-refractivity contribution in [2.24, 2.45) is 0 Å². The summed E-state index contributed by atoms with van der Waals surface area (Å²) < 4.78 is 0. The highest BCUT2D eigenvalue weighted by Crippen LogP contribution is 2.14. The van der Waals surface area contributed by atoms with Crippen LogP contribution in [0.3, 0.4) is 0 Å². The Labute approximate surface area is 78.6 Å². The molecule has 0 N–H and O–H groups in total. The molecule has 0 saturated heterocycles. The molecular formula is C12H11N. The van der Waals surface area contributed by atoms with Crippen molar-refractivity contribution in [2.75, 3.05) is 0 Å². The van der Waals surface area contributed by atoms with Gasteiger partial charge in [-0.3, -0.25) is 0 Å². The van der Waals surface area contributed by atoms with E-state index < -0.39 is 0 Å². The van der Waals surface area contributed by atoms with Gasteiger partial charge in [0.15, 0.2) is 0 Å². The lowest BCUT2D eigenvalue weighted by molar-refractivity contribution is 1.49. The molecule has 0 aliphatic rings. The van der Waals surface area contributed by atoms with Gasteiger partial charge in [0.25, 0.3) is 0 Å². The summed E-state index contributed by atoms with van der Waals surface area (Å²) in [4.78, 5) is 0. The quantitative estimate of drug-likeness (QED) is 0.492. The third-order valence-electron chi connectivity index (χ3n) is 1.76. The normalized spacial score (nSPS) is 10.6. The van der Waals surface area contributed by atoms with Crippen LogP contribution < -0.4 is 0 Å². The Morgan fingerprint density at radius 1 is 1.38 bits per heavy atom. The summed E-state index contributed by atoms with van der Waals surface area (Å²) in [5, 5.41) is 8.54. The highest BCUT2D eigenvalue weighted by atomic mass is 14.2. The molecule has 1 aromatic rings. The van der Waals surface area contributed by atoms with Crippen molar-refractivity contribution in [3.8, 4) is 6.07 Å². The van der Waals surface area contributed by atoms with E-state index in [9.17, 15) is 0 Å². The van der Waals surface area contributed by atoms with Crippen LogP contribution in [0, 0.1) is 11.3 Å². The van der Waals surface area contributed by atoms with Crippen molar-refractivity contribution < 1.29 is 0 Å². The summed E-state index contributed by atoms with van der Waals surface area (Å²) in [7, 11) is 0. The average Bonchev–Trinajstić information content (AvgIpc) is 2.19. The zero-order chi connectivity index (χ0) is 9.68. The molecule has 1 aromatic carbocycles. The molecule has 0 saturated carbocycles. The molecule has 1 heteroatoms. The third-order valence-corrected chi connectivity index (χ3v) is 1.76. The minimum atomic E-state index is 0.487. The molecule has 0 aromatic heterocycles. The van der Waals surface area contributed by atoms with E-state index in [1.54, 1.807) is 6.08 Å². The Kier molecular flexibility index (Phi) is 3.05. The standard InChI is InChI=1S/C12H11N/c1-10(9-13)8-11(2)12-6-4-3-5-7-12/h3-8H,1H2,2H3/b11-8+. The predicted octanol–water partition coefficient (Wildman–Crippen LogP) is 3.17. The van der Waals surface area contributed by atoms with E-state index in [0.717, 1.165) is 11.1 Å². The summed E-state index contributed by atoms with van der Waals surface area (Å²) in [5.41, 5.74) is 2.67. The highest BCUT2D eigenvalue weighted by Gasteiger charge is 1.93. The maximum absolute atomic E-state index is 8.54. The van der Waals surface area contributed by atoms with Crippen molar-refractivity contribution in [2.45, 2.75) is 6.92 Å². The van der Waals surface area contributed by atoms with Gasteiger partial charge in [-0.15, -0.1) is 0 Å². The second-order valence-corrected chi connectivity index (χ2v) is 2.83. The number of hydrogen-bond donors (Lipinski definition) is 0. The molecule has 1 rings (SSSR count). The summed E-state index contributed by atoms with van der Waals surface area (Å²) in [6.45, 7) is 5.57. The van der Waals surface area contributed by atoms with E-state index >= 15 is 0 Å². The Bertz CT molecular complexity index is 366. The first-order chi connectivity index (χ1) is 6.24. The molecule has 0 unspecified atom stereocenters. The van der Waals surface area contributed by atoms with Crippen LogP contribution >= 0.6 is 0 Å². The van der Waals surface area contributed by atoms with Gasteiger partial charge in [-0.05, 0) is 24.1 Å². The molecular weight excluding hydrogens is 158 g/mol. The Balaban J connectivity index is 2.93. The number of nitrogens with zero attached hydrogens (tertiary/aromatic N) is 1. The van der Waals surface area contributed by atoms with E-state index in [2.05, 4.69) is 6.58 Å². The molecule has 0 aliphatic carbocycles. The largest absolute Gasteiger partial charge is 0.192 e. The van der Waals surface area contributed by atoms with Crippen molar-refractivity contribution in [1.82, 2.24) is 0 Å². The Morgan fingerprint density at radius 2 is 2.00 bits per heavy atom. The van der Waals surface area contributed by atoms with Crippen LogP contribution in [-0.2, 0) is 0 Å². The molecule has 0 spiro atoms. The third kappa shape index (κ3) is 2.61. The van der Waals surface area contributed by atoms with Gasteiger partial charge >= 0.3 is 0 Å². The first kappa shape index (κ1) is 9.28. The van der Waals surface area contributed by atoms with E-state index in [4.69, 9.17) is 5.26 Å². The molecule has 0 bridgehead atoms. The minimum Gasteiger partial charge on any atom is -0.192 e. The molecule has 0 atom stereocenters. The number of hydrogen-bond acceptors (Lipinski definition) is 1. The van der Waals surface area contributed by atoms with Crippen LogP contribution in [0.2, 0.25) is 0 Å². The minimum absolute atomic E-state index is 0.487.